The highest BCUT2D eigenvalue weighted by Gasteiger charge is 2.35. The zero-order valence-corrected chi connectivity index (χ0v) is 12.1. The SMILES string of the molecule is O=C(O)CN(C(=O)CNCC1CC1)C1CCS(=O)(=O)C1. The molecule has 2 aliphatic rings. The van der Waals surface area contributed by atoms with Gasteiger partial charge in [-0.15, -0.1) is 0 Å². The predicted molar refractivity (Wildman–Crippen MR) is 72.0 cm³/mol. The third-order valence-electron chi connectivity index (χ3n) is 3.68. The molecule has 2 N–H and O–H groups in total. The third-order valence-corrected chi connectivity index (χ3v) is 5.43. The van der Waals surface area contributed by atoms with Gasteiger partial charge in [0.05, 0.1) is 18.1 Å². The molecule has 2 fully saturated rings. The van der Waals surface area contributed by atoms with Crippen molar-refractivity contribution in [2.45, 2.75) is 25.3 Å². The first-order valence-electron chi connectivity index (χ1n) is 6.80. The van der Waals surface area contributed by atoms with Crippen LogP contribution in [-0.4, -0.2) is 67.5 Å². The molecule has 0 aromatic heterocycles. The molecule has 7 nitrogen and oxygen atoms in total. The van der Waals surface area contributed by atoms with E-state index in [-0.39, 0.29) is 24.0 Å². The standard InChI is InChI=1S/C12H20N2O5S/c15-11(6-13-5-9-1-2-9)14(7-12(16)17)10-3-4-20(18,19)8-10/h9-10,13H,1-8H2,(H,16,17). The molecule has 1 heterocycles. The van der Waals surface area contributed by atoms with E-state index >= 15 is 0 Å². The van der Waals surface area contributed by atoms with E-state index in [1.54, 1.807) is 0 Å². The van der Waals surface area contributed by atoms with Crippen molar-refractivity contribution in [1.82, 2.24) is 10.2 Å². The molecule has 1 amide bonds. The number of aliphatic carboxylic acids is 1. The number of nitrogens with zero attached hydrogens (tertiary/aromatic N) is 1. The van der Waals surface area contributed by atoms with Crippen molar-refractivity contribution in [2.24, 2.45) is 5.92 Å². The maximum absolute atomic E-state index is 12.1. The maximum Gasteiger partial charge on any atom is 0.323 e. The smallest absolute Gasteiger partial charge is 0.323 e. The average Bonchev–Trinajstić information content (AvgIpc) is 3.09. The fourth-order valence-corrected chi connectivity index (χ4v) is 4.13. The van der Waals surface area contributed by atoms with Crippen LogP contribution in [0.1, 0.15) is 19.3 Å². The maximum atomic E-state index is 12.1. The molecule has 1 saturated heterocycles. The molecule has 0 spiro atoms. The van der Waals surface area contributed by atoms with Crippen LogP contribution in [0.25, 0.3) is 0 Å². The van der Waals surface area contributed by atoms with Gasteiger partial charge in [-0.05, 0) is 31.7 Å². The summed E-state index contributed by atoms with van der Waals surface area (Å²) in [7, 11) is -3.14. The lowest BCUT2D eigenvalue weighted by atomic mass is 10.2. The zero-order valence-electron chi connectivity index (χ0n) is 11.2. The Hall–Kier alpha value is -1.15. The Morgan fingerprint density at radius 2 is 1.95 bits per heavy atom. The lowest BCUT2D eigenvalue weighted by Crippen LogP contribution is -2.47. The Morgan fingerprint density at radius 1 is 1.25 bits per heavy atom. The Bertz CT molecular complexity index is 486. The Kier molecular flexibility index (Phi) is 4.64. The van der Waals surface area contributed by atoms with Crippen molar-refractivity contribution in [3.63, 3.8) is 0 Å². The van der Waals surface area contributed by atoms with Crippen molar-refractivity contribution in [3.05, 3.63) is 0 Å². The highest BCUT2D eigenvalue weighted by atomic mass is 32.2. The predicted octanol–water partition coefficient (Wildman–Crippen LogP) is -0.914. The van der Waals surface area contributed by atoms with E-state index in [1.165, 1.54) is 17.7 Å². The molecule has 0 bridgehead atoms. The lowest BCUT2D eigenvalue weighted by molar-refractivity contribution is -0.145. The van der Waals surface area contributed by atoms with Crippen LogP contribution in [0.5, 0.6) is 0 Å². The first-order valence-corrected chi connectivity index (χ1v) is 8.62. The molecule has 8 heteroatoms. The van der Waals surface area contributed by atoms with Gasteiger partial charge >= 0.3 is 5.97 Å². The molecule has 0 radical (unpaired) electrons. The van der Waals surface area contributed by atoms with E-state index in [1.807, 2.05) is 0 Å². The van der Waals surface area contributed by atoms with Crippen LogP contribution in [0, 0.1) is 5.92 Å². The first kappa shape index (κ1) is 15.2. The molecule has 1 aliphatic heterocycles. The summed E-state index contributed by atoms with van der Waals surface area (Å²) in [6, 6.07) is -0.508. The molecule has 1 saturated carbocycles. The van der Waals surface area contributed by atoms with Crippen molar-refractivity contribution >= 4 is 21.7 Å². The number of carboxylic acid groups (broad SMARTS) is 1. The molecule has 2 rings (SSSR count). The summed E-state index contributed by atoms with van der Waals surface area (Å²) in [4.78, 5) is 24.1. The molecule has 0 aromatic rings. The van der Waals surface area contributed by atoms with Crippen LogP contribution >= 0.6 is 0 Å². The number of hydrogen-bond donors (Lipinski definition) is 2. The van der Waals surface area contributed by atoms with Crippen molar-refractivity contribution < 1.29 is 23.1 Å². The minimum Gasteiger partial charge on any atom is -0.480 e. The number of carbonyl (C=O) groups excluding carboxylic acids is 1. The Balaban J connectivity index is 1.91. The van der Waals surface area contributed by atoms with Gasteiger partial charge in [-0.1, -0.05) is 0 Å². The van der Waals surface area contributed by atoms with Crippen LogP contribution < -0.4 is 5.32 Å². The quantitative estimate of drug-likeness (QED) is 0.631. The molecule has 1 atom stereocenters. The van der Waals surface area contributed by atoms with Gasteiger partial charge in [0.1, 0.15) is 6.54 Å². The second kappa shape index (κ2) is 6.09. The van der Waals surface area contributed by atoms with Crippen LogP contribution in [0.15, 0.2) is 0 Å². The number of amides is 1. The van der Waals surface area contributed by atoms with Gasteiger partial charge in [-0.25, -0.2) is 8.42 Å². The van der Waals surface area contributed by atoms with Crippen molar-refractivity contribution in [1.29, 1.82) is 0 Å². The largest absolute Gasteiger partial charge is 0.480 e. The summed E-state index contributed by atoms with van der Waals surface area (Å²) < 4.78 is 22.9. The summed E-state index contributed by atoms with van der Waals surface area (Å²) >= 11 is 0. The summed E-state index contributed by atoms with van der Waals surface area (Å²) in [5.41, 5.74) is 0. The van der Waals surface area contributed by atoms with Crippen LogP contribution in [0.2, 0.25) is 0 Å². The highest BCUT2D eigenvalue weighted by molar-refractivity contribution is 7.91. The summed E-state index contributed by atoms with van der Waals surface area (Å²) in [6.45, 7) is 0.389. The minimum atomic E-state index is -3.14. The lowest BCUT2D eigenvalue weighted by Gasteiger charge is -2.26. The Morgan fingerprint density at radius 3 is 2.45 bits per heavy atom. The average molecular weight is 304 g/mol. The summed E-state index contributed by atoms with van der Waals surface area (Å²) in [5, 5.41) is 11.9. The highest BCUT2D eigenvalue weighted by Crippen LogP contribution is 2.27. The molecule has 20 heavy (non-hydrogen) atoms. The molecule has 1 unspecified atom stereocenters. The van der Waals surface area contributed by atoms with Crippen molar-refractivity contribution in [3.8, 4) is 0 Å². The summed E-state index contributed by atoms with van der Waals surface area (Å²) in [6.07, 6.45) is 2.66. The first-order chi connectivity index (χ1) is 9.37. The van der Waals surface area contributed by atoms with Gasteiger partial charge in [0.15, 0.2) is 9.84 Å². The van der Waals surface area contributed by atoms with Crippen LogP contribution in [0.4, 0.5) is 0 Å². The molecule has 0 aromatic carbocycles. The Labute approximate surface area is 118 Å². The fourth-order valence-electron chi connectivity index (χ4n) is 2.39. The monoisotopic (exact) mass is 304 g/mol. The van der Waals surface area contributed by atoms with E-state index < -0.39 is 28.4 Å². The van der Waals surface area contributed by atoms with Crippen LogP contribution in [-0.2, 0) is 19.4 Å². The second-order valence-electron chi connectivity index (χ2n) is 5.55. The van der Waals surface area contributed by atoms with Gasteiger partial charge in [0.25, 0.3) is 0 Å². The zero-order chi connectivity index (χ0) is 14.8. The number of hydrogen-bond acceptors (Lipinski definition) is 5. The van der Waals surface area contributed by atoms with Crippen molar-refractivity contribution in [2.75, 3.05) is 31.1 Å². The van der Waals surface area contributed by atoms with E-state index in [4.69, 9.17) is 5.11 Å². The number of rotatable bonds is 7. The number of nitrogens with one attached hydrogen (secondary N) is 1. The number of carbonyl (C=O) groups is 2. The van der Waals surface area contributed by atoms with E-state index in [0.717, 1.165) is 6.54 Å². The van der Waals surface area contributed by atoms with E-state index in [9.17, 15) is 18.0 Å². The fraction of sp³-hybridized carbons (Fsp3) is 0.833. The topological polar surface area (TPSA) is 104 Å². The number of carboxylic acids is 1. The molecule has 114 valence electrons. The van der Waals surface area contributed by atoms with Gasteiger partial charge in [-0.2, -0.15) is 0 Å². The normalized spacial score (nSPS) is 24.5. The van der Waals surface area contributed by atoms with Gasteiger partial charge in [0, 0.05) is 6.04 Å². The van der Waals surface area contributed by atoms with Gasteiger partial charge < -0.3 is 15.3 Å². The van der Waals surface area contributed by atoms with Gasteiger partial charge in [0.2, 0.25) is 5.91 Å². The molecule has 1 aliphatic carbocycles. The third kappa shape index (κ3) is 4.45. The second-order valence-corrected chi connectivity index (χ2v) is 7.78. The van der Waals surface area contributed by atoms with E-state index in [0.29, 0.717) is 12.3 Å². The molecular weight excluding hydrogens is 284 g/mol. The van der Waals surface area contributed by atoms with Gasteiger partial charge in [-0.3, -0.25) is 9.59 Å². The minimum absolute atomic E-state index is 0.0244. The number of sulfone groups is 1. The molecular formula is C12H20N2O5S. The van der Waals surface area contributed by atoms with E-state index in [2.05, 4.69) is 5.32 Å². The van der Waals surface area contributed by atoms with Crippen LogP contribution in [0.3, 0.4) is 0 Å². The summed E-state index contributed by atoms with van der Waals surface area (Å²) in [5.74, 6) is -0.937.